The molecular weight excluding hydrogens is 366 g/mol. The minimum Gasteiger partial charge on any atom is -0.744 e. The van der Waals surface area contributed by atoms with Gasteiger partial charge in [0, 0.05) is 30.9 Å². The Morgan fingerprint density at radius 3 is 2.19 bits per heavy atom. The van der Waals surface area contributed by atoms with Crippen molar-refractivity contribution >= 4 is 21.5 Å². The lowest BCUT2D eigenvalue weighted by molar-refractivity contribution is 0.342. The molecule has 0 saturated heterocycles. The third-order valence-electron chi connectivity index (χ3n) is 3.84. The molecule has 0 aliphatic rings. The summed E-state index contributed by atoms with van der Waals surface area (Å²) < 4.78 is 36.9. The molecule has 2 aromatic rings. The average molecular weight is 391 g/mol. The third-order valence-corrected chi connectivity index (χ3v) is 4.84. The number of benzene rings is 2. The monoisotopic (exact) mass is 391 g/mol. The van der Waals surface area contributed by atoms with E-state index in [-0.39, 0.29) is 4.90 Å². The van der Waals surface area contributed by atoms with Gasteiger partial charge in [-0.1, -0.05) is 18.2 Å². The predicted molar refractivity (Wildman–Crippen MR) is 105 cm³/mol. The van der Waals surface area contributed by atoms with Crippen LogP contribution in [0.1, 0.15) is 26.3 Å². The van der Waals surface area contributed by atoms with Crippen LogP contribution < -0.4 is 9.64 Å². The molecule has 0 spiro atoms. The maximum Gasteiger partial charge on any atom is 0.426 e. The Bertz CT molecular complexity index is 888. The summed E-state index contributed by atoms with van der Waals surface area (Å²) in [5.41, 5.74) is 2.04. The predicted octanol–water partition coefficient (Wildman–Crippen LogP) is 4.32. The van der Waals surface area contributed by atoms with E-state index < -0.39 is 10.1 Å². The molecule has 7 nitrogen and oxygen atoms in total. The number of aryl methyl sites for hydroxylation is 1. The summed E-state index contributed by atoms with van der Waals surface area (Å²) in [6, 6.07) is 11.7. The van der Waals surface area contributed by atoms with Gasteiger partial charge in [0.05, 0.1) is 11.5 Å². The van der Waals surface area contributed by atoms with Gasteiger partial charge < -0.3 is 14.2 Å². The average Bonchev–Trinajstić information content (AvgIpc) is 2.63. The molecule has 0 heterocycles. The summed E-state index contributed by atoms with van der Waals surface area (Å²) in [5, 5.41) is 8.82. The van der Waals surface area contributed by atoms with Gasteiger partial charge in [-0.2, -0.15) is 0 Å². The summed E-state index contributed by atoms with van der Waals surface area (Å²) in [6.07, 6.45) is 0. The van der Waals surface area contributed by atoms with Gasteiger partial charge in [-0.25, -0.2) is 8.42 Å². The van der Waals surface area contributed by atoms with E-state index in [0.29, 0.717) is 23.6 Å². The van der Waals surface area contributed by atoms with Crippen molar-refractivity contribution in [2.75, 3.05) is 24.6 Å². The zero-order valence-corrected chi connectivity index (χ0v) is 16.9. The molecule has 0 fully saturated rings. The Balaban J connectivity index is 0.000000289. The third kappa shape index (κ3) is 6.55. The quantitative estimate of drug-likeness (QED) is 0.537. The first-order chi connectivity index (χ1) is 12.8. The molecule has 0 aliphatic carbocycles. The SMILES string of the molecule is CCOc1cc(N(CC)CC)ccc1[N+]#N.Cc1ccccc1S(=O)(=O)[O-]. The highest BCUT2D eigenvalue weighted by Gasteiger charge is 2.16. The maximum absolute atomic E-state index is 10.5. The summed E-state index contributed by atoms with van der Waals surface area (Å²) in [7, 11) is -4.28. The number of ether oxygens (including phenoxy) is 1. The van der Waals surface area contributed by atoms with E-state index in [0.717, 1.165) is 18.8 Å². The lowest BCUT2D eigenvalue weighted by Gasteiger charge is -2.20. The van der Waals surface area contributed by atoms with Crippen LogP contribution in [0, 0.1) is 12.3 Å². The standard InChI is InChI=1S/C12H18N3O.C7H8O3S/c1-4-15(5-2)10-7-8-11(14-13)12(9-10)16-6-3;1-6-4-2-3-5-7(6)11(8,9)10/h7-9H,4-6H2,1-3H3;2-5H,1H3,(H,8,9,10)/q+1;/p-1. The second-order valence-corrected chi connectivity index (χ2v) is 6.93. The lowest BCUT2D eigenvalue weighted by Crippen LogP contribution is -2.21. The van der Waals surface area contributed by atoms with Crippen molar-refractivity contribution in [3.8, 4) is 5.75 Å². The highest BCUT2D eigenvalue weighted by atomic mass is 32.2. The van der Waals surface area contributed by atoms with Gasteiger partial charge in [0.15, 0.2) is 4.98 Å². The van der Waals surface area contributed by atoms with Crippen LogP contribution in [-0.4, -0.2) is 32.7 Å². The number of anilines is 1. The molecule has 2 aromatic carbocycles. The molecule has 0 radical (unpaired) electrons. The van der Waals surface area contributed by atoms with E-state index in [1.54, 1.807) is 25.1 Å². The van der Waals surface area contributed by atoms with Gasteiger partial charge in [-0.15, -0.1) is 0 Å². The van der Waals surface area contributed by atoms with Gasteiger partial charge in [0.1, 0.15) is 10.1 Å². The Kier molecular flexibility index (Phi) is 8.72. The van der Waals surface area contributed by atoms with Crippen molar-refractivity contribution in [3.05, 3.63) is 53.0 Å². The van der Waals surface area contributed by atoms with Crippen LogP contribution in [0.15, 0.2) is 47.4 Å². The van der Waals surface area contributed by atoms with Crippen LogP contribution in [0.5, 0.6) is 5.75 Å². The second kappa shape index (κ2) is 10.5. The van der Waals surface area contributed by atoms with Crippen molar-refractivity contribution in [2.24, 2.45) is 0 Å². The second-order valence-electron chi connectivity index (χ2n) is 5.58. The molecule has 0 aliphatic heterocycles. The van der Waals surface area contributed by atoms with Crippen LogP contribution in [0.2, 0.25) is 0 Å². The molecular formula is C19H25N3O4S. The number of hydrogen-bond donors (Lipinski definition) is 0. The van der Waals surface area contributed by atoms with Crippen LogP contribution in [0.3, 0.4) is 0 Å². The first kappa shape index (κ1) is 22.4. The Morgan fingerprint density at radius 1 is 1.11 bits per heavy atom. The molecule has 0 amide bonds. The van der Waals surface area contributed by atoms with Crippen molar-refractivity contribution in [1.29, 1.82) is 5.39 Å². The molecule has 2 rings (SSSR count). The number of rotatable bonds is 6. The zero-order valence-electron chi connectivity index (χ0n) is 16.0. The van der Waals surface area contributed by atoms with Gasteiger partial charge in [0.2, 0.25) is 11.1 Å². The first-order valence-corrected chi connectivity index (χ1v) is 10.1. The minimum atomic E-state index is -4.28. The molecule has 0 unspecified atom stereocenters. The Morgan fingerprint density at radius 2 is 1.74 bits per heavy atom. The fourth-order valence-corrected chi connectivity index (χ4v) is 3.19. The molecule has 146 valence electrons. The van der Waals surface area contributed by atoms with Crippen LogP contribution in [-0.2, 0) is 10.1 Å². The minimum absolute atomic E-state index is 0.139. The van der Waals surface area contributed by atoms with Crippen molar-refractivity contribution < 1.29 is 17.7 Å². The number of diazo groups is 1. The Labute approximate surface area is 161 Å². The van der Waals surface area contributed by atoms with E-state index in [1.165, 1.54) is 12.1 Å². The van der Waals surface area contributed by atoms with Gasteiger partial charge in [0.25, 0.3) is 0 Å². The van der Waals surface area contributed by atoms with Crippen molar-refractivity contribution in [2.45, 2.75) is 32.6 Å². The Hall–Kier alpha value is -2.63. The smallest absolute Gasteiger partial charge is 0.426 e. The highest BCUT2D eigenvalue weighted by Crippen LogP contribution is 2.32. The fourth-order valence-electron chi connectivity index (χ4n) is 2.48. The molecule has 27 heavy (non-hydrogen) atoms. The summed E-state index contributed by atoms with van der Waals surface area (Å²) in [6.45, 7) is 10.2. The molecule has 0 atom stereocenters. The summed E-state index contributed by atoms with van der Waals surface area (Å²) in [4.78, 5) is 5.27. The molecule has 8 heteroatoms. The summed E-state index contributed by atoms with van der Waals surface area (Å²) >= 11 is 0. The van der Waals surface area contributed by atoms with E-state index >= 15 is 0 Å². The normalized spacial score (nSPS) is 10.4. The lowest BCUT2D eigenvalue weighted by atomic mass is 10.2. The zero-order chi connectivity index (χ0) is 20.4. The van der Waals surface area contributed by atoms with Crippen molar-refractivity contribution in [1.82, 2.24) is 0 Å². The van der Waals surface area contributed by atoms with Gasteiger partial charge >= 0.3 is 5.69 Å². The van der Waals surface area contributed by atoms with Gasteiger partial charge in [-0.3, -0.25) is 0 Å². The molecule has 0 N–H and O–H groups in total. The van der Waals surface area contributed by atoms with Crippen LogP contribution >= 0.6 is 0 Å². The van der Waals surface area contributed by atoms with E-state index in [2.05, 4.69) is 23.7 Å². The molecule has 0 aromatic heterocycles. The van der Waals surface area contributed by atoms with E-state index in [1.807, 2.05) is 19.1 Å². The number of hydrogen-bond acceptors (Lipinski definition) is 6. The highest BCUT2D eigenvalue weighted by molar-refractivity contribution is 7.85. The number of nitrogens with zero attached hydrogens (tertiary/aromatic N) is 3. The topological polar surface area (TPSA) is 97.8 Å². The molecule has 0 bridgehead atoms. The van der Waals surface area contributed by atoms with E-state index in [4.69, 9.17) is 10.1 Å². The maximum atomic E-state index is 10.5. The fraction of sp³-hybridized carbons (Fsp3) is 0.368. The van der Waals surface area contributed by atoms with Crippen LogP contribution in [0.4, 0.5) is 11.4 Å². The van der Waals surface area contributed by atoms with Crippen LogP contribution in [0.25, 0.3) is 4.98 Å². The van der Waals surface area contributed by atoms with Crippen molar-refractivity contribution in [3.63, 3.8) is 0 Å². The van der Waals surface area contributed by atoms with Gasteiger partial charge in [-0.05, 0) is 45.4 Å². The first-order valence-electron chi connectivity index (χ1n) is 8.66. The summed E-state index contributed by atoms with van der Waals surface area (Å²) in [5.74, 6) is 0.620. The largest absolute Gasteiger partial charge is 0.744 e. The van der Waals surface area contributed by atoms with E-state index in [9.17, 15) is 13.0 Å². The molecule has 0 saturated carbocycles.